The summed E-state index contributed by atoms with van der Waals surface area (Å²) < 4.78 is 5.21. The topological polar surface area (TPSA) is 55.6 Å². The lowest BCUT2D eigenvalue weighted by Gasteiger charge is -2.32. The number of nitrogen functional groups attached to an aromatic ring is 1. The second kappa shape index (κ2) is 10.2. The first-order chi connectivity index (χ1) is 12.7. The Morgan fingerprint density at radius 2 is 1.78 bits per heavy atom. The number of rotatable bonds is 6. The molecule has 146 valence electrons. The lowest BCUT2D eigenvalue weighted by Crippen LogP contribution is -2.39. The molecule has 0 spiro atoms. The van der Waals surface area contributed by atoms with Crippen LogP contribution in [0.25, 0.3) is 0 Å². The molecule has 1 aliphatic rings. The summed E-state index contributed by atoms with van der Waals surface area (Å²) >= 11 is 0. The highest BCUT2D eigenvalue weighted by molar-refractivity contribution is 5.85. The van der Waals surface area contributed by atoms with Gasteiger partial charge in [0.25, 0.3) is 0 Å². The van der Waals surface area contributed by atoms with Gasteiger partial charge in [0.05, 0.1) is 7.11 Å². The van der Waals surface area contributed by atoms with Crippen LogP contribution in [-0.4, -0.2) is 31.0 Å². The van der Waals surface area contributed by atoms with Crippen LogP contribution in [0.15, 0.2) is 48.5 Å². The van der Waals surface area contributed by atoms with E-state index in [1.54, 1.807) is 7.11 Å². The molecule has 0 aliphatic carbocycles. The zero-order valence-electron chi connectivity index (χ0n) is 15.9. The number of piperidine rings is 1. The highest BCUT2D eigenvalue weighted by Gasteiger charge is 2.22. The van der Waals surface area contributed by atoms with Crippen molar-refractivity contribution in [1.82, 2.24) is 4.90 Å². The Hall–Kier alpha value is -2.20. The fourth-order valence-electron chi connectivity index (χ4n) is 3.64. The van der Waals surface area contributed by atoms with Gasteiger partial charge in [-0.05, 0) is 60.9 Å². The second-order valence-corrected chi connectivity index (χ2v) is 7.08. The van der Waals surface area contributed by atoms with Gasteiger partial charge in [-0.25, -0.2) is 0 Å². The average Bonchev–Trinajstić information content (AvgIpc) is 2.68. The lowest BCUT2D eigenvalue weighted by atomic mass is 9.90. The summed E-state index contributed by atoms with van der Waals surface area (Å²) in [4.78, 5) is 14.5. The van der Waals surface area contributed by atoms with Crippen molar-refractivity contribution in [2.24, 2.45) is 5.92 Å². The predicted molar refractivity (Wildman–Crippen MR) is 112 cm³/mol. The van der Waals surface area contributed by atoms with E-state index in [9.17, 15) is 4.79 Å². The third-order valence-corrected chi connectivity index (χ3v) is 5.31. The molecule has 1 fully saturated rings. The number of nitrogens with two attached hydrogens (primary N) is 1. The maximum Gasteiger partial charge on any atom is 0.222 e. The van der Waals surface area contributed by atoms with E-state index in [1.165, 1.54) is 5.56 Å². The minimum atomic E-state index is 0. The van der Waals surface area contributed by atoms with Gasteiger partial charge in [-0.2, -0.15) is 0 Å². The number of aryl methyl sites for hydroxylation is 1. The molecule has 1 heterocycles. The van der Waals surface area contributed by atoms with Crippen LogP contribution in [0.3, 0.4) is 0 Å². The van der Waals surface area contributed by atoms with Crippen molar-refractivity contribution in [3.8, 4) is 5.75 Å². The summed E-state index contributed by atoms with van der Waals surface area (Å²) in [5, 5.41) is 0. The molecule has 27 heavy (non-hydrogen) atoms. The summed E-state index contributed by atoms with van der Waals surface area (Å²) in [5.41, 5.74) is 9.15. The number of anilines is 1. The summed E-state index contributed by atoms with van der Waals surface area (Å²) in [5.74, 6) is 1.79. The number of nitrogens with zero attached hydrogens (tertiary/aromatic N) is 1. The Morgan fingerprint density at radius 1 is 1.11 bits per heavy atom. The van der Waals surface area contributed by atoms with Crippen LogP contribution in [0.4, 0.5) is 5.69 Å². The number of likely N-dealkylation sites (tertiary alicyclic amines) is 1. The molecular weight excluding hydrogens is 360 g/mol. The third-order valence-electron chi connectivity index (χ3n) is 5.31. The molecule has 0 saturated carbocycles. The van der Waals surface area contributed by atoms with E-state index in [2.05, 4.69) is 12.1 Å². The smallest absolute Gasteiger partial charge is 0.222 e. The van der Waals surface area contributed by atoms with Crippen LogP contribution in [0, 0.1) is 5.92 Å². The van der Waals surface area contributed by atoms with Gasteiger partial charge in [0.2, 0.25) is 5.91 Å². The molecule has 0 radical (unpaired) electrons. The number of carbonyl (C=O) groups excluding carboxylic acids is 1. The fraction of sp³-hybridized carbons (Fsp3) is 0.409. The lowest BCUT2D eigenvalue weighted by molar-refractivity contribution is -0.132. The van der Waals surface area contributed by atoms with Gasteiger partial charge < -0.3 is 15.4 Å². The monoisotopic (exact) mass is 388 g/mol. The first kappa shape index (κ1) is 21.1. The zero-order valence-corrected chi connectivity index (χ0v) is 16.7. The molecule has 0 unspecified atom stereocenters. The summed E-state index contributed by atoms with van der Waals surface area (Å²) in [6.45, 7) is 1.73. The van der Waals surface area contributed by atoms with Crippen LogP contribution in [0.1, 0.15) is 30.4 Å². The molecule has 1 aliphatic heterocycles. The van der Waals surface area contributed by atoms with Gasteiger partial charge in [-0.3, -0.25) is 4.79 Å². The number of hydrogen-bond donors (Lipinski definition) is 1. The maximum atomic E-state index is 12.5. The number of para-hydroxylation sites is 1. The number of benzene rings is 2. The molecule has 4 nitrogen and oxygen atoms in total. The van der Waals surface area contributed by atoms with E-state index in [-0.39, 0.29) is 18.3 Å². The van der Waals surface area contributed by atoms with Crippen molar-refractivity contribution in [1.29, 1.82) is 0 Å². The molecule has 5 heteroatoms. The van der Waals surface area contributed by atoms with Crippen molar-refractivity contribution >= 4 is 24.0 Å². The van der Waals surface area contributed by atoms with Crippen LogP contribution in [-0.2, 0) is 17.6 Å². The normalized spacial score (nSPS) is 14.5. The van der Waals surface area contributed by atoms with Crippen molar-refractivity contribution in [3.63, 3.8) is 0 Å². The van der Waals surface area contributed by atoms with E-state index in [4.69, 9.17) is 10.5 Å². The predicted octanol–water partition coefficient (Wildman–Crippen LogP) is 4.11. The van der Waals surface area contributed by atoms with Crippen molar-refractivity contribution in [2.75, 3.05) is 25.9 Å². The Balaban J connectivity index is 0.00000261. The minimum absolute atomic E-state index is 0. The van der Waals surface area contributed by atoms with Gasteiger partial charge in [0.1, 0.15) is 5.75 Å². The Morgan fingerprint density at radius 3 is 2.41 bits per heavy atom. The molecule has 1 saturated heterocycles. The number of amides is 1. The highest BCUT2D eigenvalue weighted by atomic mass is 35.5. The third kappa shape index (κ3) is 5.90. The number of methoxy groups -OCH3 is 1. The Kier molecular flexibility index (Phi) is 7.99. The fourth-order valence-corrected chi connectivity index (χ4v) is 3.64. The Labute approximate surface area is 168 Å². The zero-order chi connectivity index (χ0) is 18.4. The van der Waals surface area contributed by atoms with E-state index in [1.807, 2.05) is 41.3 Å². The van der Waals surface area contributed by atoms with Crippen molar-refractivity contribution in [3.05, 3.63) is 59.7 Å². The molecule has 2 N–H and O–H groups in total. The summed E-state index contributed by atoms with van der Waals surface area (Å²) in [6, 6.07) is 16.1. The molecule has 1 amide bonds. The second-order valence-electron chi connectivity index (χ2n) is 7.08. The molecule has 3 rings (SSSR count). The minimum Gasteiger partial charge on any atom is -0.497 e. The van der Waals surface area contributed by atoms with Crippen molar-refractivity contribution in [2.45, 2.75) is 32.1 Å². The summed E-state index contributed by atoms with van der Waals surface area (Å²) in [7, 11) is 1.69. The van der Waals surface area contributed by atoms with Crippen LogP contribution >= 0.6 is 12.4 Å². The van der Waals surface area contributed by atoms with E-state index < -0.39 is 0 Å². The molecule has 0 bridgehead atoms. The quantitative estimate of drug-likeness (QED) is 0.757. The van der Waals surface area contributed by atoms with Gasteiger partial charge in [0.15, 0.2) is 0 Å². The van der Waals surface area contributed by atoms with Crippen LogP contribution in [0.5, 0.6) is 5.75 Å². The first-order valence-electron chi connectivity index (χ1n) is 9.40. The van der Waals surface area contributed by atoms with Gasteiger partial charge >= 0.3 is 0 Å². The van der Waals surface area contributed by atoms with Crippen LogP contribution < -0.4 is 10.5 Å². The molecule has 2 aromatic rings. The summed E-state index contributed by atoms with van der Waals surface area (Å²) in [6.07, 6.45) is 4.48. The SMILES string of the molecule is COc1ccc(CC2CCN(C(=O)CCc3ccccc3N)CC2)cc1.Cl. The van der Waals surface area contributed by atoms with E-state index >= 15 is 0 Å². The largest absolute Gasteiger partial charge is 0.497 e. The van der Waals surface area contributed by atoms with Gasteiger partial charge in [0, 0.05) is 25.2 Å². The van der Waals surface area contributed by atoms with Crippen LogP contribution in [0.2, 0.25) is 0 Å². The van der Waals surface area contributed by atoms with Gasteiger partial charge in [-0.1, -0.05) is 30.3 Å². The van der Waals surface area contributed by atoms with E-state index in [0.29, 0.717) is 12.3 Å². The highest BCUT2D eigenvalue weighted by Crippen LogP contribution is 2.24. The number of halogens is 1. The maximum absolute atomic E-state index is 12.5. The molecule has 2 aromatic carbocycles. The number of carbonyl (C=O) groups is 1. The van der Waals surface area contributed by atoms with E-state index in [0.717, 1.165) is 55.8 Å². The average molecular weight is 389 g/mol. The number of ether oxygens (including phenoxy) is 1. The molecule has 0 aromatic heterocycles. The first-order valence-corrected chi connectivity index (χ1v) is 9.40. The number of hydrogen-bond acceptors (Lipinski definition) is 3. The van der Waals surface area contributed by atoms with Gasteiger partial charge in [-0.15, -0.1) is 12.4 Å². The molecule has 0 atom stereocenters. The Bertz CT molecular complexity index is 725. The van der Waals surface area contributed by atoms with Crippen molar-refractivity contribution < 1.29 is 9.53 Å². The standard InChI is InChI=1S/C22H28N2O2.ClH/c1-26-20-9-6-17(7-10-20)16-18-12-14-24(15-13-18)22(25)11-8-19-4-2-3-5-21(19)23;/h2-7,9-10,18H,8,11-16,23H2,1H3;1H. The molecular formula is C22H29ClN2O2.